The van der Waals surface area contributed by atoms with Crippen molar-refractivity contribution in [3.8, 4) is 6.07 Å². The molecule has 1 unspecified atom stereocenters. The molecule has 0 saturated carbocycles. The number of nitrogens with zero attached hydrogens (tertiary/aromatic N) is 4. The number of hydrogen-bond donors (Lipinski definition) is 2. The highest BCUT2D eigenvalue weighted by Crippen LogP contribution is 2.30. The van der Waals surface area contributed by atoms with E-state index >= 15 is 0 Å². The quantitative estimate of drug-likeness (QED) is 0.331. The number of carbonyl (C=O) groups excluding carboxylic acids is 1. The standard InChI is InChI=1S/C26H30N6O2S2/c1-17(2)11-19(25(33)29-16-21-7-4-9-34-21)13-22-31-23(30-20-6-3-5-18(12-20)15-27)14-24(32-22)36-26-28-8-10-35-26/h3,5-6,8,10,12,14,17,19,21H,4,7,9,11,13,16H2,1-2H3,(H,29,33)(H,30,31,32)/t19?,21-/m0/s1. The molecule has 1 aliphatic rings. The maximum Gasteiger partial charge on any atom is 0.223 e. The topological polar surface area (TPSA) is 113 Å². The number of benzene rings is 1. The molecule has 2 aromatic heterocycles. The molecule has 36 heavy (non-hydrogen) atoms. The first-order valence-corrected chi connectivity index (χ1v) is 13.8. The van der Waals surface area contributed by atoms with Crippen molar-refractivity contribution in [3.63, 3.8) is 0 Å². The lowest BCUT2D eigenvalue weighted by Crippen LogP contribution is -2.37. The van der Waals surface area contributed by atoms with Crippen LogP contribution in [0.2, 0.25) is 0 Å². The van der Waals surface area contributed by atoms with Gasteiger partial charge < -0.3 is 15.4 Å². The van der Waals surface area contributed by atoms with Gasteiger partial charge in [-0.05, 0) is 55.1 Å². The van der Waals surface area contributed by atoms with Crippen molar-refractivity contribution >= 4 is 40.5 Å². The Hall–Kier alpha value is -3.00. The van der Waals surface area contributed by atoms with E-state index in [9.17, 15) is 10.1 Å². The minimum atomic E-state index is -0.249. The molecule has 0 bridgehead atoms. The molecule has 3 aromatic rings. The number of carbonyl (C=O) groups is 1. The van der Waals surface area contributed by atoms with E-state index in [2.05, 4.69) is 35.5 Å². The first-order valence-electron chi connectivity index (χ1n) is 12.1. The fraction of sp³-hybridized carbons (Fsp3) is 0.423. The minimum absolute atomic E-state index is 0.0111. The number of thiazole rings is 1. The Kier molecular flexibility index (Phi) is 9.28. The molecule has 1 aromatic carbocycles. The summed E-state index contributed by atoms with van der Waals surface area (Å²) in [5.74, 6) is 1.31. The summed E-state index contributed by atoms with van der Waals surface area (Å²) in [4.78, 5) is 27.0. The summed E-state index contributed by atoms with van der Waals surface area (Å²) in [6, 6.07) is 11.3. The maximum atomic E-state index is 13.1. The van der Waals surface area contributed by atoms with Gasteiger partial charge in [0.1, 0.15) is 16.7 Å². The number of aromatic nitrogens is 3. The molecule has 0 aliphatic carbocycles. The molecule has 4 rings (SSSR count). The van der Waals surface area contributed by atoms with E-state index in [4.69, 9.17) is 14.7 Å². The summed E-state index contributed by atoms with van der Waals surface area (Å²) in [7, 11) is 0. The van der Waals surface area contributed by atoms with Gasteiger partial charge in [0.25, 0.3) is 0 Å². The molecule has 10 heteroatoms. The number of anilines is 2. The van der Waals surface area contributed by atoms with Crippen LogP contribution >= 0.6 is 23.1 Å². The van der Waals surface area contributed by atoms with E-state index in [1.807, 2.05) is 23.6 Å². The molecular weight excluding hydrogens is 492 g/mol. The van der Waals surface area contributed by atoms with Gasteiger partial charge in [0, 0.05) is 48.8 Å². The van der Waals surface area contributed by atoms with E-state index in [0.717, 1.165) is 40.9 Å². The molecule has 2 N–H and O–H groups in total. The third-order valence-corrected chi connectivity index (χ3v) is 7.50. The number of ether oxygens (including phenoxy) is 1. The van der Waals surface area contributed by atoms with Gasteiger partial charge >= 0.3 is 0 Å². The van der Waals surface area contributed by atoms with Gasteiger partial charge in [-0.1, -0.05) is 19.9 Å². The summed E-state index contributed by atoms with van der Waals surface area (Å²) in [6.07, 6.45) is 5.05. The van der Waals surface area contributed by atoms with Crippen LogP contribution in [0.3, 0.4) is 0 Å². The lowest BCUT2D eigenvalue weighted by atomic mass is 9.93. The third-order valence-electron chi connectivity index (χ3n) is 5.70. The zero-order chi connectivity index (χ0) is 25.3. The lowest BCUT2D eigenvalue weighted by Gasteiger charge is -2.20. The molecule has 3 heterocycles. The Labute approximate surface area is 219 Å². The zero-order valence-corrected chi connectivity index (χ0v) is 22.1. The minimum Gasteiger partial charge on any atom is -0.376 e. The second kappa shape index (κ2) is 12.8. The molecule has 1 aliphatic heterocycles. The number of rotatable bonds is 11. The van der Waals surface area contributed by atoms with Gasteiger partial charge in [-0.2, -0.15) is 5.26 Å². The molecule has 2 atom stereocenters. The summed E-state index contributed by atoms with van der Waals surface area (Å²) < 4.78 is 6.54. The van der Waals surface area contributed by atoms with E-state index in [1.54, 1.807) is 29.7 Å². The highest BCUT2D eigenvalue weighted by atomic mass is 32.2. The number of nitrogens with one attached hydrogen (secondary N) is 2. The Morgan fingerprint density at radius 3 is 2.94 bits per heavy atom. The molecular formula is C26H30N6O2S2. The predicted octanol–water partition coefficient (Wildman–Crippen LogP) is 5.20. The normalized spacial score (nSPS) is 16.0. The summed E-state index contributed by atoms with van der Waals surface area (Å²) in [5.41, 5.74) is 1.32. The molecule has 188 valence electrons. The van der Waals surface area contributed by atoms with E-state index in [-0.39, 0.29) is 17.9 Å². The van der Waals surface area contributed by atoms with Crippen LogP contribution in [-0.2, 0) is 16.0 Å². The summed E-state index contributed by atoms with van der Waals surface area (Å²) in [5, 5.41) is 18.3. The molecule has 1 saturated heterocycles. The van der Waals surface area contributed by atoms with Gasteiger partial charge in [0.05, 0.1) is 17.7 Å². The Bertz CT molecular complexity index is 1190. The van der Waals surface area contributed by atoms with Crippen LogP contribution in [0.15, 0.2) is 51.3 Å². The highest BCUT2D eigenvalue weighted by molar-refractivity contribution is 8.01. The van der Waals surface area contributed by atoms with Gasteiger partial charge in [0.2, 0.25) is 5.91 Å². The Morgan fingerprint density at radius 1 is 1.33 bits per heavy atom. The SMILES string of the molecule is CC(C)CC(Cc1nc(Nc2cccc(C#N)c2)cc(Sc2nccs2)n1)C(=O)NC[C@@H]1CCCO1. The van der Waals surface area contributed by atoms with E-state index in [0.29, 0.717) is 36.1 Å². The van der Waals surface area contributed by atoms with Crippen molar-refractivity contribution < 1.29 is 9.53 Å². The first-order chi connectivity index (χ1) is 17.5. The van der Waals surface area contributed by atoms with Gasteiger partial charge in [-0.3, -0.25) is 4.79 Å². The monoisotopic (exact) mass is 522 g/mol. The summed E-state index contributed by atoms with van der Waals surface area (Å²) in [6.45, 7) is 5.53. The van der Waals surface area contributed by atoms with Crippen LogP contribution < -0.4 is 10.6 Å². The number of amides is 1. The average Bonchev–Trinajstić information content (AvgIpc) is 3.56. The van der Waals surface area contributed by atoms with Crippen molar-refractivity contribution in [2.24, 2.45) is 11.8 Å². The third kappa shape index (κ3) is 7.75. The first kappa shape index (κ1) is 26.1. The maximum absolute atomic E-state index is 13.1. The zero-order valence-electron chi connectivity index (χ0n) is 20.4. The van der Waals surface area contributed by atoms with Crippen molar-refractivity contribution in [3.05, 3.63) is 53.3 Å². The second-order valence-electron chi connectivity index (χ2n) is 9.14. The molecule has 0 spiro atoms. The molecule has 1 amide bonds. The van der Waals surface area contributed by atoms with Crippen LogP contribution in [0.5, 0.6) is 0 Å². The van der Waals surface area contributed by atoms with E-state index < -0.39 is 0 Å². The second-order valence-corrected chi connectivity index (χ2v) is 11.3. The lowest BCUT2D eigenvalue weighted by molar-refractivity contribution is -0.126. The van der Waals surface area contributed by atoms with Crippen LogP contribution in [0, 0.1) is 23.2 Å². The molecule has 0 radical (unpaired) electrons. The van der Waals surface area contributed by atoms with Crippen molar-refractivity contribution in [2.45, 2.75) is 55.0 Å². The fourth-order valence-corrected chi connectivity index (χ4v) is 5.67. The number of nitriles is 1. The van der Waals surface area contributed by atoms with Gasteiger partial charge in [-0.25, -0.2) is 15.0 Å². The highest BCUT2D eigenvalue weighted by Gasteiger charge is 2.24. The van der Waals surface area contributed by atoms with Crippen LogP contribution in [0.1, 0.15) is 44.5 Å². The Morgan fingerprint density at radius 2 is 2.22 bits per heavy atom. The molecule has 8 nitrogen and oxygen atoms in total. The van der Waals surface area contributed by atoms with Crippen molar-refractivity contribution in [2.75, 3.05) is 18.5 Å². The van der Waals surface area contributed by atoms with Crippen LogP contribution in [0.4, 0.5) is 11.5 Å². The smallest absolute Gasteiger partial charge is 0.223 e. The van der Waals surface area contributed by atoms with Crippen LogP contribution in [-0.4, -0.2) is 40.1 Å². The van der Waals surface area contributed by atoms with Crippen molar-refractivity contribution in [1.29, 1.82) is 5.26 Å². The summed E-state index contributed by atoms with van der Waals surface area (Å²) >= 11 is 3.01. The van der Waals surface area contributed by atoms with Gasteiger partial charge in [-0.15, -0.1) is 11.3 Å². The Balaban J connectivity index is 1.55. The van der Waals surface area contributed by atoms with Gasteiger partial charge in [0.15, 0.2) is 4.34 Å². The largest absolute Gasteiger partial charge is 0.376 e. The number of hydrogen-bond acceptors (Lipinski definition) is 9. The molecule has 1 fully saturated rings. The fourth-order valence-electron chi connectivity index (χ4n) is 4.08. The average molecular weight is 523 g/mol. The van der Waals surface area contributed by atoms with Crippen molar-refractivity contribution in [1.82, 2.24) is 20.3 Å². The van der Waals surface area contributed by atoms with E-state index in [1.165, 1.54) is 11.8 Å². The predicted molar refractivity (Wildman–Crippen MR) is 141 cm³/mol. The van der Waals surface area contributed by atoms with Crippen LogP contribution in [0.25, 0.3) is 0 Å².